The molecular formula is C19H18F2N2O2. The Bertz CT molecular complexity index is 854. The highest BCUT2D eigenvalue weighted by atomic mass is 19.3. The molecule has 1 heterocycles. The number of para-hydroxylation sites is 1. The number of nitrogens with zero attached hydrogens (tertiary/aromatic N) is 1. The van der Waals surface area contributed by atoms with Crippen LogP contribution in [0.3, 0.4) is 0 Å². The molecular weight excluding hydrogens is 326 g/mol. The minimum absolute atomic E-state index is 0.0644. The number of rotatable bonds is 6. The number of fused-ring (bicyclic) bond motifs is 1. The van der Waals surface area contributed by atoms with Crippen LogP contribution in [0.2, 0.25) is 0 Å². The van der Waals surface area contributed by atoms with Crippen LogP contribution in [0, 0.1) is 6.92 Å². The lowest BCUT2D eigenvalue weighted by Crippen LogP contribution is -2.12. The van der Waals surface area contributed by atoms with Gasteiger partial charge in [-0.15, -0.1) is 0 Å². The molecule has 0 amide bonds. The first kappa shape index (κ1) is 17.1. The fraction of sp³-hybridized carbons (Fsp3) is 0.211. The highest BCUT2D eigenvalue weighted by Gasteiger charge is 2.10. The van der Waals surface area contributed by atoms with Gasteiger partial charge < -0.3 is 15.2 Å². The van der Waals surface area contributed by atoms with Gasteiger partial charge >= 0.3 is 6.61 Å². The fourth-order valence-corrected chi connectivity index (χ4v) is 2.67. The number of pyridine rings is 1. The second kappa shape index (κ2) is 7.44. The van der Waals surface area contributed by atoms with Crippen LogP contribution in [0.25, 0.3) is 10.9 Å². The van der Waals surface area contributed by atoms with Crippen molar-refractivity contribution in [3.63, 3.8) is 0 Å². The van der Waals surface area contributed by atoms with E-state index in [1.807, 2.05) is 31.2 Å². The first-order valence-electron chi connectivity index (χ1n) is 7.85. The molecule has 130 valence electrons. The highest BCUT2D eigenvalue weighted by molar-refractivity contribution is 5.92. The Morgan fingerprint density at radius 3 is 2.60 bits per heavy atom. The third-order valence-electron chi connectivity index (χ3n) is 3.95. The van der Waals surface area contributed by atoms with Gasteiger partial charge in [-0.25, -0.2) is 0 Å². The normalized spacial score (nSPS) is 12.4. The van der Waals surface area contributed by atoms with Crippen molar-refractivity contribution in [3.8, 4) is 5.75 Å². The third kappa shape index (κ3) is 4.03. The average molecular weight is 344 g/mol. The number of hydrogen-bond donors (Lipinski definition) is 2. The van der Waals surface area contributed by atoms with Gasteiger partial charge in [0.25, 0.3) is 0 Å². The molecule has 6 heteroatoms. The Labute approximate surface area is 144 Å². The molecule has 4 nitrogen and oxygen atoms in total. The number of halogens is 2. The lowest BCUT2D eigenvalue weighted by molar-refractivity contribution is -0.0498. The molecule has 0 fully saturated rings. The van der Waals surface area contributed by atoms with Crippen LogP contribution >= 0.6 is 0 Å². The van der Waals surface area contributed by atoms with Gasteiger partial charge in [-0.05, 0) is 36.2 Å². The van der Waals surface area contributed by atoms with E-state index in [2.05, 4.69) is 15.0 Å². The summed E-state index contributed by atoms with van der Waals surface area (Å²) < 4.78 is 28.6. The molecule has 3 aromatic rings. The zero-order valence-electron chi connectivity index (χ0n) is 13.6. The molecule has 25 heavy (non-hydrogen) atoms. The zero-order valence-corrected chi connectivity index (χ0v) is 13.6. The maximum Gasteiger partial charge on any atom is 0.387 e. The Hall–Kier alpha value is -2.73. The van der Waals surface area contributed by atoms with E-state index in [0.29, 0.717) is 5.56 Å². The molecule has 2 N–H and O–H groups in total. The molecule has 0 saturated carbocycles. The van der Waals surface area contributed by atoms with E-state index in [-0.39, 0.29) is 12.3 Å². The molecule has 1 atom stereocenters. The molecule has 1 unspecified atom stereocenters. The minimum Gasteiger partial charge on any atom is -0.435 e. The number of nitrogens with one attached hydrogen (secondary N) is 1. The van der Waals surface area contributed by atoms with Crippen LogP contribution in [0.4, 0.5) is 14.5 Å². The Balaban J connectivity index is 1.70. The van der Waals surface area contributed by atoms with Gasteiger partial charge in [-0.1, -0.05) is 30.3 Å². The van der Waals surface area contributed by atoms with Crippen molar-refractivity contribution in [2.75, 3.05) is 11.9 Å². The first-order valence-corrected chi connectivity index (χ1v) is 7.85. The largest absolute Gasteiger partial charge is 0.435 e. The average Bonchev–Trinajstić information content (AvgIpc) is 2.60. The smallest absolute Gasteiger partial charge is 0.387 e. The highest BCUT2D eigenvalue weighted by Crippen LogP contribution is 2.25. The molecule has 0 saturated heterocycles. The molecule has 0 bridgehead atoms. The van der Waals surface area contributed by atoms with Gasteiger partial charge in [0.15, 0.2) is 0 Å². The van der Waals surface area contributed by atoms with Crippen molar-refractivity contribution in [1.29, 1.82) is 0 Å². The summed E-state index contributed by atoms with van der Waals surface area (Å²) in [6, 6.07) is 13.7. The number of alkyl halides is 2. The summed E-state index contributed by atoms with van der Waals surface area (Å²) in [7, 11) is 0. The molecule has 0 spiro atoms. The lowest BCUT2D eigenvalue weighted by Gasteiger charge is -2.15. The summed E-state index contributed by atoms with van der Waals surface area (Å²) in [4.78, 5) is 4.38. The monoisotopic (exact) mass is 344 g/mol. The quantitative estimate of drug-likeness (QED) is 0.700. The van der Waals surface area contributed by atoms with Crippen LogP contribution < -0.4 is 10.1 Å². The SMILES string of the molecule is Cc1cccc2c(NCC(O)c3ccc(OC(F)F)cc3)ccnc12. The van der Waals surface area contributed by atoms with Crippen molar-refractivity contribution in [1.82, 2.24) is 4.98 Å². The number of benzene rings is 2. The number of anilines is 1. The van der Waals surface area contributed by atoms with E-state index in [4.69, 9.17) is 0 Å². The Morgan fingerprint density at radius 2 is 1.88 bits per heavy atom. The fourth-order valence-electron chi connectivity index (χ4n) is 2.67. The Morgan fingerprint density at radius 1 is 1.12 bits per heavy atom. The summed E-state index contributed by atoms with van der Waals surface area (Å²) in [5.41, 5.74) is 3.49. The van der Waals surface area contributed by atoms with Gasteiger partial charge in [-0.2, -0.15) is 8.78 Å². The van der Waals surface area contributed by atoms with Crippen molar-refractivity contribution in [2.24, 2.45) is 0 Å². The van der Waals surface area contributed by atoms with Gasteiger partial charge in [0, 0.05) is 23.8 Å². The van der Waals surface area contributed by atoms with E-state index in [9.17, 15) is 13.9 Å². The summed E-state index contributed by atoms with van der Waals surface area (Å²) in [6.07, 6.45) is 0.939. The summed E-state index contributed by atoms with van der Waals surface area (Å²) in [6.45, 7) is -0.583. The molecule has 0 radical (unpaired) electrons. The Kier molecular flexibility index (Phi) is 5.09. The number of aromatic nitrogens is 1. The van der Waals surface area contributed by atoms with Gasteiger partial charge in [0.1, 0.15) is 5.75 Å². The van der Waals surface area contributed by atoms with Crippen LogP contribution in [0.1, 0.15) is 17.2 Å². The summed E-state index contributed by atoms with van der Waals surface area (Å²) in [5, 5.41) is 14.5. The van der Waals surface area contributed by atoms with Crippen molar-refractivity contribution < 1.29 is 18.6 Å². The second-order valence-corrected chi connectivity index (χ2v) is 5.67. The van der Waals surface area contributed by atoms with Crippen molar-refractivity contribution >= 4 is 16.6 Å². The molecule has 3 rings (SSSR count). The van der Waals surface area contributed by atoms with Gasteiger partial charge in [0.05, 0.1) is 11.6 Å². The number of hydrogen-bond acceptors (Lipinski definition) is 4. The molecule has 1 aromatic heterocycles. The van der Waals surface area contributed by atoms with Crippen molar-refractivity contribution in [2.45, 2.75) is 19.6 Å². The molecule has 2 aromatic carbocycles. The van der Waals surface area contributed by atoms with E-state index < -0.39 is 12.7 Å². The van der Waals surface area contributed by atoms with Gasteiger partial charge in [-0.3, -0.25) is 4.98 Å². The maximum atomic E-state index is 12.2. The van der Waals surface area contributed by atoms with Crippen molar-refractivity contribution in [3.05, 3.63) is 65.9 Å². The lowest BCUT2D eigenvalue weighted by atomic mass is 10.1. The topological polar surface area (TPSA) is 54.4 Å². The van der Waals surface area contributed by atoms with Crippen LogP contribution in [0.5, 0.6) is 5.75 Å². The summed E-state index contributed by atoms with van der Waals surface area (Å²) >= 11 is 0. The second-order valence-electron chi connectivity index (χ2n) is 5.67. The van der Waals surface area contributed by atoms with Gasteiger partial charge in [0.2, 0.25) is 0 Å². The summed E-state index contributed by atoms with van der Waals surface area (Å²) in [5.74, 6) is 0.0644. The minimum atomic E-state index is -2.86. The van der Waals surface area contributed by atoms with E-state index in [0.717, 1.165) is 22.2 Å². The van der Waals surface area contributed by atoms with Crippen LogP contribution in [0.15, 0.2) is 54.7 Å². The number of ether oxygens (including phenoxy) is 1. The predicted molar refractivity (Wildman–Crippen MR) is 93.0 cm³/mol. The predicted octanol–water partition coefficient (Wildman–Crippen LogP) is 4.29. The van der Waals surface area contributed by atoms with E-state index in [1.54, 1.807) is 18.3 Å². The number of aryl methyl sites for hydroxylation is 1. The zero-order chi connectivity index (χ0) is 17.8. The molecule has 0 aliphatic heterocycles. The van der Waals surface area contributed by atoms with E-state index >= 15 is 0 Å². The maximum absolute atomic E-state index is 12.2. The van der Waals surface area contributed by atoms with Crippen LogP contribution in [-0.4, -0.2) is 23.2 Å². The third-order valence-corrected chi connectivity index (χ3v) is 3.95. The number of aliphatic hydroxyl groups excluding tert-OH is 1. The number of aliphatic hydroxyl groups is 1. The van der Waals surface area contributed by atoms with Crippen LogP contribution in [-0.2, 0) is 0 Å². The van der Waals surface area contributed by atoms with E-state index in [1.165, 1.54) is 12.1 Å². The first-order chi connectivity index (χ1) is 12.0. The molecule has 0 aliphatic rings. The standard InChI is InChI=1S/C19H18F2N2O2/c1-12-3-2-4-15-16(9-10-22-18(12)15)23-11-17(24)13-5-7-14(8-6-13)25-19(20)21/h2-10,17,19,24H,11H2,1H3,(H,22,23). The molecule has 0 aliphatic carbocycles.